The highest BCUT2D eigenvalue weighted by Crippen LogP contribution is 2.28. The van der Waals surface area contributed by atoms with Crippen LogP contribution in [-0.2, 0) is 4.79 Å². The van der Waals surface area contributed by atoms with E-state index in [1.54, 1.807) is 12.1 Å². The summed E-state index contributed by atoms with van der Waals surface area (Å²) in [7, 11) is 0. The third-order valence-electron chi connectivity index (χ3n) is 4.03. The van der Waals surface area contributed by atoms with Crippen LogP contribution in [-0.4, -0.2) is 26.5 Å². The molecule has 3 aromatic carbocycles. The minimum absolute atomic E-state index is 0.241. The Balaban J connectivity index is 1.55. The van der Waals surface area contributed by atoms with Crippen LogP contribution in [0.3, 0.4) is 0 Å². The highest BCUT2D eigenvalue weighted by molar-refractivity contribution is 9.10. The van der Waals surface area contributed by atoms with Crippen LogP contribution in [0.4, 0.5) is 5.69 Å². The van der Waals surface area contributed by atoms with Gasteiger partial charge in [-0.3, -0.25) is 4.79 Å². The number of aromatic nitrogens is 4. The number of halogens is 1. The smallest absolute Gasteiger partial charge is 0.248 e. The minimum Gasteiger partial charge on any atom is -0.322 e. The Bertz CT molecular complexity index is 1140. The van der Waals surface area contributed by atoms with Crippen molar-refractivity contribution in [3.63, 3.8) is 0 Å². The zero-order valence-electron chi connectivity index (χ0n) is 14.1. The van der Waals surface area contributed by atoms with Crippen LogP contribution in [0.25, 0.3) is 28.2 Å². The second kappa shape index (κ2) is 7.51. The summed E-state index contributed by atoms with van der Waals surface area (Å²) in [6.45, 7) is 0. The molecular weight excluding hydrogens is 406 g/mol. The predicted octanol–water partition coefficient (Wildman–Crippen LogP) is 4.43. The van der Waals surface area contributed by atoms with Crippen molar-refractivity contribution in [2.45, 2.75) is 0 Å². The van der Waals surface area contributed by atoms with Crippen molar-refractivity contribution in [3.8, 4) is 11.4 Å². The Hall–Kier alpha value is -3.32. The lowest BCUT2D eigenvalue weighted by molar-refractivity contribution is -0.111. The normalized spacial score (nSPS) is 11.1. The first-order valence-electron chi connectivity index (χ1n) is 8.20. The number of H-pyrrole nitrogens is 1. The molecule has 6 nitrogen and oxygen atoms in total. The van der Waals surface area contributed by atoms with Gasteiger partial charge in [0, 0.05) is 16.1 Å². The number of benzene rings is 3. The van der Waals surface area contributed by atoms with Crippen molar-refractivity contribution < 1.29 is 4.79 Å². The maximum Gasteiger partial charge on any atom is 0.248 e. The number of nitrogens with one attached hydrogen (secondary N) is 2. The van der Waals surface area contributed by atoms with Gasteiger partial charge in [-0.1, -0.05) is 52.3 Å². The van der Waals surface area contributed by atoms with Gasteiger partial charge in [0.1, 0.15) is 0 Å². The van der Waals surface area contributed by atoms with Crippen LogP contribution < -0.4 is 5.32 Å². The standard InChI is InChI=1S/C20H14BrN5O/c21-16-8-9-18(17(12-16)20-23-25-26-24-20)22-19(27)10-6-13-5-7-14-3-1-2-4-15(14)11-13/h1-12H,(H,22,27)(H,23,24,25,26)/b10-6+. The number of carbonyl (C=O) groups excluding carboxylic acids is 1. The topological polar surface area (TPSA) is 83.6 Å². The number of hydrogen-bond acceptors (Lipinski definition) is 4. The lowest BCUT2D eigenvalue weighted by Crippen LogP contribution is -2.09. The molecule has 0 spiro atoms. The molecule has 1 amide bonds. The molecule has 0 radical (unpaired) electrons. The van der Waals surface area contributed by atoms with Crippen molar-refractivity contribution in [3.05, 3.63) is 76.8 Å². The van der Waals surface area contributed by atoms with Crippen LogP contribution in [0, 0.1) is 0 Å². The van der Waals surface area contributed by atoms with Crippen LogP contribution in [0.15, 0.2) is 71.2 Å². The minimum atomic E-state index is -0.241. The van der Waals surface area contributed by atoms with Gasteiger partial charge in [0.15, 0.2) is 0 Å². The number of aromatic amines is 1. The number of amides is 1. The molecule has 1 aromatic heterocycles. The zero-order chi connectivity index (χ0) is 18.6. The van der Waals surface area contributed by atoms with E-state index in [1.807, 2.05) is 48.5 Å². The molecular formula is C20H14BrN5O. The average Bonchev–Trinajstić information content (AvgIpc) is 3.22. The van der Waals surface area contributed by atoms with E-state index in [1.165, 1.54) is 11.5 Å². The SMILES string of the molecule is O=C(/C=C/c1ccc2ccccc2c1)Nc1ccc(Br)cc1-c1nn[nH]n1. The maximum absolute atomic E-state index is 12.4. The van der Waals surface area contributed by atoms with E-state index in [4.69, 9.17) is 0 Å². The van der Waals surface area contributed by atoms with Gasteiger partial charge in [0.05, 0.1) is 5.69 Å². The summed E-state index contributed by atoms with van der Waals surface area (Å²) in [5.41, 5.74) is 2.23. The second-order valence-corrected chi connectivity index (χ2v) is 6.77. The maximum atomic E-state index is 12.4. The van der Waals surface area contributed by atoms with Gasteiger partial charge in [0.25, 0.3) is 0 Å². The van der Waals surface area contributed by atoms with Gasteiger partial charge in [0.2, 0.25) is 11.7 Å². The molecule has 0 aliphatic rings. The Kier molecular flexibility index (Phi) is 4.76. The number of hydrogen-bond donors (Lipinski definition) is 2. The van der Waals surface area contributed by atoms with Crippen molar-refractivity contribution in [1.82, 2.24) is 20.6 Å². The van der Waals surface area contributed by atoms with Gasteiger partial charge in [-0.05, 0) is 51.9 Å². The molecule has 1 heterocycles. The van der Waals surface area contributed by atoms with E-state index in [0.29, 0.717) is 17.1 Å². The van der Waals surface area contributed by atoms with Gasteiger partial charge < -0.3 is 5.32 Å². The van der Waals surface area contributed by atoms with Gasteiger partial charge >= 0.3 is 0 Å². The Labute approximate surface area is 163 Å². The van der Waals surface area contributed by atoms with E-state index >= 15 is 0 Å². The fourth-order valence-corrected chi connectivity index (χ4v) is 3.11. The summed E-state index contributed by atoms with van der Waals surface area (Å²) in [4.78, 5) is 12.4. The van der Waals surface area contributed by atoms with Crippen LogP contribution in [0.1, 0.15) is 5.56 Å². The first-order chi connectivity index (χ1) is 13.2. The van der Waals surface area contributed by atoms with Crippen LogP contribution >= 0.6 is 15.9 Å². The van der Waals surface area contributed by atoms with Crippen molar-refractivity contribution in [2.24, 2.45) is 0 Å². The molecule has 27 heavy (non-hydrogen) atoms. The lowest BCUT2D eigenvalue weighted by Gasteiger charge is -2.07. The number of nitrogens with zero attached hydrogens (tertiary/aromatic N) is 3. The monoisotopic (exact) mass is 419 g/mol. The highest BCUT2D eigenvalue weighted by Gasteiger charge is 2.11. The molecule has 0 fully saturated rings. The lowest BCUT2D eigenvalue weighted by atomic mass is 10.1. The molecule has 0 atom stereocenters. The number of rotatable bonds is 4. The van der Waals surface area contributed by atoms with E-state index in [9.17, 15) is 4.79 Å². The first kappa shape index (κ1) is 17.1. The fraction of sp³-hybridized carbons (Fsp3) is 0. The average molecular weight is 420 g/mol. The van der Waals surface area contributed by atoms with Crippen molar-refractivity contribution in [1.29, 1.82) is 0 Å². The number of tetrazole rings is 1. The van der Waals surface area contributed by atoms with Crippen LogP contribution in [0.2, 0.25) is 0 Å². The van der Waals surface area contributed by atoms with E-state index in [2.05, 4.69) is 47.9 Å². The summed E-state index contributed by atoms with van der Waals surface area (Å²) in [6, 6.07) is 19.6. The van der Waals surface area contributed by atoms with E-state index in [-0.39, 0.29) is 5.91 Å². The molecule has 4 aromatic rings. The molecule has 7 heteroatoms. The van der Waals surface area contributed by atoms with Gasteiger partial charge in [-0.15, -0.1) is 10.2 Å². The summed E-state index contributed by atoms with van der Waals surface area (Å²) in [5.74, 6) is 0.167. The quantitative estimate of drug-likeness (QED) is 0.479. The van der Waals surface area contributed by atoms with Crippen molar-refractivity contribution in [2.75, 3.05) is 5.32 Å². The van der Waals surface area contributed by atoms with E-state index in [0.717, 1.165) is 15.4 Å². The first-order valence-corrected chi connectivity index (χ1v) is 8.99. The molecule has 4 rings (SSSR count). The Morgan fingerprint density at radius 2 is 1.89 bits per heavy atom. The molecule has 2 N–H and O–H groups in total. The number of fused-ring (bicyclic) bond motifs is 1. The highest BCUT2D eigenvalue weighted by atomic mass is 79.9. The van der Waals surface area contributed by atoms with Gasteiger partial charge in [-0.2, -0.15) is 5.21 Å². The molecule has 132 valence electrons. The summed E-state index contributed by atoms with van der Waals surface area (Å²) in [6.07, 6.45) is 3.29. The fourth-order valence-electron chi connectivity index (χ4n) is 2.74. The second-order valence-electron chi connectivity index (χ2n) is 5.85. The summed E-state index contributed by atoms with van der Waals surface area (Å²) < 4.78 is 0.854. The molecule has 0 bridgehead atoms. The third-order valence-corrected chi connectivity index (χ3v) is 4.52. The molecule has 0 saturated carbocycles. The van der Waals surface area contributed by atoms with Gasteiger partial charge in [-0.25, -0.2) is 0 Å². The summed E-state index contributed by atoms with van der Waals surface area (Å²) in [5, 5.41) is 19.1. The number of anilines is 1. The molecule has 0 saturated heterocycles. The largest absolute Gasteiger partial charge is 0.322 e. The van der Waals surface area contributed by atoms with E-state index < -0.39 is 0 Å². The Morgan fingerprint density at radius 3 is 2.70 bits per heavy atom. The molecule has 0 aliphatic carbocycles. The third kappa shape index (κ3) is 3.93. The van der Waals surface area contributed by atoms with Crippen LogP contribution in [0.5, 0.6) is 0 Å². The Morgan fingerprint density at radius 1 is 1.04 bits per heavy atom. The molecule has 0 unspecified atom stereocenters. The van der Waals surface area contributed by atoms with Crippen molar-refractivity contribution >= 4 is 44.4 Å². The number of carbonyl (C=O) groups is 1. The predicted molar refractivity (Wildman–Crippen MR) is 109 cm³/mol. The summed E-state index contributed by atoms with van der Waals surface area (Å²) >= 11 is 3.42. The molecule has 0 aliphatic heterocycles. The zero-order valence-corrected chi connectivity index (χ0v) is 15.6.